The minimum atomic E-state index is -0.303. The number of carbonyl (C=O) groups is 1. The first-order valence-electron chi connectivity index (χ1n) is 6.82. The van der Waals surface area contributed by atoms with Crippen LogP contribution in [0.2, 0.25) is 0 Å². The van der Waals surface area contributed by atoms with E-state index in [2.05, 4.69) is 5.32 Å². The van der Waals surface area contributed by atoms with Gasteiger partial charge in [0.15, 0.2) is 0 Å². The molecule has 0 spiro atoms. The van der Waals surface area contributed by atoms with Crippen molar-refractivity contribution in [1.29, 1.82) is 0 Å². The van der Waals surface area contributed by atoms with Crippen molar-refractivity contribution in [3.63, 3.8) is 0 Å². The zero-order chi connectivity index (χ0) is 14.4. The van der Waals surface area contributed by atoms with Crippen LogP contribution in [0.4, 0.5) is 0 Å². The van der Waals surface area contributed by atoms with Gasteiger partial charge in [-0.25, -0.2) is 0 Å². The first kappa shape index (κ1) is 14.3. The van der Waals surface area contributed by atoms with Crippen molar-refractivity contribution in [2.24, 2.45) is 5.73 Å². The predicted octanol–water partition coefficient (Wildman–Crippen LogP) is 2.61. The molecule has 3 heteroatoms. The van der Waals surface area contributed by atoms with Gasteiger partial charge in [0.1, 0.15) is 0 Å². The van der Waals surface area contributed by atoms with E-state index in [1.54, 1.807) is 0 Å². The molecule has 0 saturated heterocycles. The molecule has 2 atom stereocenters. The van der Waals surface area contributed by atoms with E-state index < -0.39 is 0 Å². The first-order chi connectivity index (χ1) is 9.72. The minimum absolute atomic E-state index is 0.0264. The van der Waals surface area contributed by atoms with Gasteiger partial charge in [-0.15, -0.1) is 0 Å². The van der Waals surface area contributed by atoms with Gasteiger partial charge in [-0.05, 0) is 18.1 Å². The maximum absolute atomic E-state index is 12.4. The lowest BCUT2D eigenvalue weighted by molar-refractivity contribution is -0.123. The maximum Gasteiger partial charge on any atom is 0.229 e. The summed E-state index contributed by atoms with van der Waals surface area (Å²) in [5.41, 5.74) is 7.80. The van der Waals surface area contributed by atoms with Crippen molar-refractivity contribution >= 4 is 5.91 Å². The Labute approximate surface area is 119 Å². The molecule has 0 fully saturated rings. The molecule has 0 aliphatic heterocycles. The maximum atomic E-state index is 12.4. The molecular formula is C17H20N2O. The molecule has 2 rings (SSSR count). The quantitative estimate of drug-likeness (QED) is 0.875. The molecular weight excluding hydrogens is 248 g/mol. The third-order valence-corrected chi connectivity index (χ3v) is 3.41. The fourth-order valence-corrected chi connectivity index (χ4v) is 2.22. The van der Waals surface area contributed by atoms with Crippen molar-refractivity contribution in [2.45, 2.75) is 18.9 Å². The number of nitrogens with one attached hydrogen (secondary N) is 1. The Balaban J connectivity index is 2.07. The zero-order valence-corrected chi connectivity index (χ0v) is 11.6. The summed E-state index contributed by atoms with van der Waals surface area (Å²) >= 11 is 0. The third-order valence-electron chi connectivity index (χ3n) is 3.41. The Bertz CT molecular complexity index is 539. The van der Waals surface area contributed by atoms with E-state index in [-0.39, 0.29) is 17.9 Å². The lowest BCUT2D eigenvalue weighted by Gasteiger charge is -2.19. The van der Waals surface area contributed by atoms with Crippen LogP contribution in [0.25, 0.3) is 0 Å². The number of hydrogen-bond donors (Lipinski definition) is 2. The Morgan fingerprint density at radius 1 is 1.00 bits per heavy atom. The highest BCUT2D eigenvalue weighted by Crippen LogP contribution is 2.17. The average molecular weight is 268 g/mol. The van der Waals surface area contributed by atoms with Crippen molar-refractivity contribution in [3.8, 4) is 0 Å². The molecule has 3 N–H and O–H groups in total. The monoisotopic (exact) mass is 268 g/mol. The summed E-state index contributed by atoms with van der Waals surface area (Å²) in [5.74, 6) is -0.336. The standard InChI is InChI=1S/C17H20N2O/c1-13(14-8-4-2-5-9-14)19-17(20)16(12-18)15-10-6-3-7-11-15/h2-11,13,16H,12,18H2,1H3,(H,19,20)/t13-,16?/m1/s1. The van der Waals surface area contributed by atoms with Gasteiger partial charge in [0.05, 0.1) is 12.0 Å². The molecule has 104 valence electrons. The Kier molecular flexibility index (Phi) is 4.91. The van der Waals surface area contributed by atoms with Gasteiger partial charge in [0, 0.05) is 6.54 Å². The van der Waals surface area contributed by atoms with Crippen LogP contribution < -0.4 is 11.1 Å². The first-order valence-corrected chi connectivity index (χ1v) is 6.82. The average Bonchev–Trinajstić information content (AvgIpc) is 2.50. The molecule has 0 saturated carbocycles. The highest BCUT2D eigenvalue weighted by molar-refractivity contribution is 5.84. The second-order valence-electron chi connectivity index (χ2n) is 4.84. The highest BCUT2D eigenvalue weighted by Gasteiger charge is 2.20. The Hall–Kier alpha value is -2.13. The summed E-state index contributed by atoms with van der Waals surface area (Å²) in [5, 5.41) is 3.03. The van der Waals surface area contributed by atoms with Crippen LogP contribution in [0, 0.1) is 0 Å². The number of rotatable bonds is 5. The molecule has 0 aliphatic rings. The summed E-state index contributed by atoms with van der Waals surface area (Å²) in [7, 11) is 0. The SMILES string of the molecule is C[C@@H](NC(=O)C(CN)c1ccccc1)c1ccccc1. The fraction of sp³-hybridized carbons (Fsp3) is 0.235. The van der Waals surface area contributed by atoms with Crippen LogP contribution in [0.1, 0.15) is 30.0 Å². The summed E-state index contributed by atoms with van der Waals surface area (Å²) in [6, 6.07) is 19.5. The van der Waals surface area contributed by atoms with Crippen LogP contribution in [0.3, 0.4) is 0 Å². The van der Waals surface area contributed by atoms with Gasteiger partial charge >= 0.3 is 0 Å². The van der Waals surface area contributed by atoms with Gasteiger partial charge in [-0.3, -0.25) is 4.79 Å². The van der Waals surface area contributed by atoms with Crippen molar-refractivity contribution in [1.82, 2.24) is 5.32 Å². The normalized spacial score (nSPS) is 13.5. The molecule has 2 aromatic carbocycles. The van der Waals surface area contributed by atoms with Crippen LogP contribution in [0.15, 0.2) is 60.7 Å². The molecule has 20 heavy (non-hydrogen) atoms. The number of carbonyl (C=O) groups excluding carboxylic acids is 1. The van der Waals surface area contributed by atoms with Crippen LogP contribution in [-0.4, -0.2) is 12.5 Å². The molecule has 1 amide bonds. The van der Waals surface area contributed by atoms with Crippen molar-refractivity contribution in [3.05, 3.63) is 71.8 Å². The van der Waals surface area contributed by atoms with Gasteiger partial charge in [-0.1, -0.05) is 60.7 Å². The number of benzene rings is 2. The van der Waals surface area contributed by atoms with Crippen LogP contribution in [0.5, 0.6) is 0 Å². The smallest absolute Gasteiger partial charge is 0.229 e. The summed E-state index contributed by atoms with van der Waals surface area (Å²) < 4.78 is 0. The van der Waals surface area contributed by atoms with E-state index in [9.17, 15) is 4.79 Å². The molecule has 2 aromatic rings. The van der Waals surface area contributed by atoms with Crippen LogP contribution >= 0.6 is 0 Å². The van der Waals surface area contributed by atoms with E-state index >= 15 is 0 Å². The molecule has 0 heterocycles. The third kappa shape index (κ3) is 3.45. The van der Waals surface area contributed by atoms with E-state index in [4.69, 9.17) is 5.73 Å². The van der Waals surface area contributed by atoms with Gasteiger partial charge < -0.3 is 11.1 Å². The molecule has 1 unspecified atom stereocenters. The topological polar surface area (TPSA) is 55.1 Å². The molecule has 0 radical (unpaired) electrons. The number of hydrogen-bond acceptors (Lipinski definition) is 2. The summed E-state index contributed by atoms with van der Waals surface area (Å²) in [6.07, 6.45) is 0. The number of amides is 1. The Morgan fingerprint density at radius 3 is 2.00 bits per heavy atom. The van der Waals surface area contributed by atoms with E-state index in [1.807, 2.05) is 67.6 Å². The fourth-order valence-electron chi connectivity index (χ4n) is 2.22. The second-order valence-corrected chi connectivity index (χ2v) is 4.84. The molecule has 0 bridgehead atoms. The van der Waals surface area contributed by atoms with E-state index in [0.717, 1.165) is 11.1 Å². The van der Waals surface area contributed by atoms with Gasteiger partial charge in [-0.2, -0.15) is 0 Å². The van der Waals surface area contributed by atoms with Gasteiger partial charge in [0.25, 0.3) is 0 Å². The number of nitrogens with two attached hydrogens (primary N) is 1. The van der Waals surface area contributed by atoms with Gasteiger partial charge in [0.2, 0.25) is 5.91 Å². The van der Waals surface area contributed by atoms with E-state index in [1.165, 1.54) is 0 Å². The minimum Gasteiger partial charge on any atom is -0.349 e. The summed E-state index contributed by atoms with van der Waals surface area (Å²) in [4.78, 5) is 12.4. The zero-order valence-electron chi connectivity index (χ0n) is 11.6. The molecule has 0 aromatic heterocycles. The predicted molar refractivity (Wildman–Crippen MR) is 81.2 cm³/mol. The van der Waals surface area contributed by atoms with E-state index in [0.29, 0.717) is 6.54 Å². The lowest BCUT2D eigenvalue weighted by Crippen LogP contribution is -2.35. The van der Waals surface area contributed by atoms with Crippen LogP contribution in [-0.2, 0) is 4.79 Å². The molecule has 3 nitrogen and oxygen atoms in total. The Morgan fingerprint density at radius 2 is 1.50 bits per heavy atom. The van der Waals surface area contributed by atoms with Crippen molar-refractivity contribution < 1.29 is 4.79 Å². The largest absolute Gasteiger partial charge is 0.349 e. The summed E-state index contributed by atoms with van der Waals surface area (Å²) in [6.45, 7) is 2.28. The highest BCUT2D eigenvalue weighted by atomic mass is 16.1. The lowest BCUT2D eigenvalue weighted by atomic mass is 9.97. The molecule has 0 aliphatic carbocycles. The van der Waals surface area contributed by atoms with Crippen molar-refractivity contribution in [2.75, 3.05) is 6.54 Å². The second kappa shape index (κ2) is 6.87.